The summed E-state index contributed by atoms with van der Waals surface area (Å²) in [5, 5.41) is 36.0. The lowest BCUT2D eigenvalue weighted by Gasteiger charge is -2.10. The predicted octanol–water partition coefficient (Wildman–Crippen LogP) is 1.23. The van der Waals surface area contributed by atoms with Crippen LogP contribution in [-0.4, -0.2) is 62.6 Å². The van der Waals surface area contributed by atoms with Crippen LogP contribution in [-0.2, 0) is 0 Å². The van der Waals surface area contributed by atoms with E-state index in [1.807, 2.05) is 18.2 Å². The van der Waals surface area contributed by atoms with E-state index < -0.39 is 0 Å². The third-order valence-electron chi connectivity index (χ3n) is 4.40. The van der Waals surface area contributed by atoms with E-state index in [9.17, 15) is 15.8 Å². The van der Waals surface area contributed by atoms with Crippen LogP contribution in [0.2, 0.25) is 0 Å². The maximum Gasteiger partial charge on any atom is 0.177 e. The maximum absolute atomic E-state index is 9.54. The van der Waals surface area contributed by atoms with Gasteiger partial charge in [0.1, 0.15) is 68.4 Å². The van der Waals surface area contributed by atoms with Gasteiger partial charge in [-0.3, -0.25) is 9.98 Å². The highest BCUT2D eigenvalue weighted by atomic mass is 14.9. The van der Waals surface area contributed by atoms with Crippen LogP contribution in [0, 0.1) is 39.4 Å². The highest BCUT2D eigenvalue weighted by molar-refractivity contribution is 6.19. The van der Waals surface area contributed by atoms with Crippen molar-refractivity contribution in [2.45, 2.75) is 0 Å². The Labute approximate surface area is 179 Å². The Balaban J connectivity index is 2.37. The van der Waals surface area contributed by atoms with Gasteiger partial charge in [-0.2, -0.15) is 15.8 Å². The van der Waals surface area contributed by atoms with Crippen LogP contribution in [0.4, 0.5) is 0 Å². The molecule has 4 rings (SSSR count). The molecule has 32 heavy (non-hydrogen) atoms. The number of aliphatic imine (C=N–C) groups is 2. The summed E-state index contributed by atoms with van der Waals surface area (Å²) in [5.74, 6) is 0. The summed E-state index contributed by atoms with van der Waals surface area (Å²) in [5.41, 5.74) is 1.52. The first-order valence-electron chi connectivity index (χ1n) is 8.92. The van der Waals surface area contributed by atoms with Crippen molar-refractivity contribution in [2.75, 3.05) is 14.1 Å². The van der Waals surface area contributed by atoms with Gasteiger partial charge in [-0.05, 0) is 0 Å². The lowest BCUT2D eigenvalue weighted by Crippen LogP contribution is -2.07. The minimum absolute atomic E-state index is 0.00664. The van der Waals surface area contributed by atoms with Crippen LogP contribution in [0.25, 0.3) is 33.1 Å². The number of hydrogen-bond acceptors (Lipinski definition) is 12. The maximum atomic E-state index is 9.54. The molecule has 0 atom stereocenters. The Morgan fingerprint density at radius 2 is 0.969 bits per heavy atom. The van der Waals surface area contributed by atoms with Gasteiger partial charge in [0, 0.05) is 32.7 Å². The smallest absolute Gasteiger partial charge is 0.177 e. The molecule has 3 heterocycles. The quantitative estimate of drug-likeness (QED) is 0.375. The van der Waals surface area contributed by atoms with Crippen LogP contribution in [0.5, 0.6) is 0 Å². The Bertz CT molecular complexity index is 1640. The monoisotopic (exact) mass is 418 g/mol. The second-order valence-corrected chi connectivity index (χ2v) is 6.22. The van der Waals surface area contributed by atoms with Gasteiger partial charge in [-0.25, -0.2) is 29.9 Å². The van der Waals surface area contributed by atoms with E-state index in [4.69, 9.17) is 5.41 Å². The van der Waals surface area contributed by atoms with Crippen molar-refractivity contribution in [1.29, 1.82) is 21.2 Å². The molecule has 1 N–H and O–H groups in total. The molecule has 0 aliphatic carbocycles. The average Bonchev–Trinajstić information content (AvgIpc) is 2.83. The summed E-state index contributed by atoms with van der Waals surface area (Å²) < 4.78 is 0. The fourth-order valence-electron chi connectivity index (χ4n) is 3.11. The zero-order valence-electron chi connectivity index (χ0n) is 16.7. The van der Waals surface area contributed by atoms with Crippen LogP contribution in [0.15, 0.2) is 9.98 Å². The molecule has 12 nitrogen and oxygen atoms in total. The zero-order chi connectivity index (χ0) is 22.8. The Hall–Kier alpha value is -5.28. The van der Waals surface area contributed by atoms with Crippen molar-refractivity contribution < 1.29 is 0 Å². The first kappa shape index (κ1) is 20.0. The molecule has 0 saturated heterocycles. The SMILES string of the molecule is CN=Cc1nc2c(nc1C#N)c1nc(C#N)c(C#N)nc1c1nc(C=N)c(C=NC)nc21. The first-order valence-corrected chi connectivity index (χ1v) is 8.92. The third kappa shape index (κ3) is 2.95. The van der Waals surface area contributed by atoms with E-state index in [0.717, 1.165) is 6.21 Å². The van der Waals surface area contributed by atoms with Crippen molar-refractivity contribution in [3.8, 4) is 18.2 Å². The molecule has 0 aliphatic heterocycles. The van der Waals surface area contributed by atoms with Crippen molar-refractivity contribution >= 4 is 51.7 Å². The van der Waals surface area contributed by atoms with Gasteiger partial charge in [-0.15, -0.1) is 0 Å². The number of aromatic nitrogens is 6. The minimum Gasteiger partial charge on any atom is -0.306 e. The lowest BCUT2D eigenvalue weighted by molar-refractivity contribution is 1.17. The van der Waals surface area contributed by atoms with Crippen LogP contribution < -0.4 is 0 Å². The van der Waals surface area contributed by atoms with Crippen molar-refractivity contribution in [3.63, 3.8) is 0 Å². The van der Waals surface area contributed by atoms with Gasteiger partial charge in [-0.1, -0.05) is 0 Å². The topological polar surface area (TPSA) is 197 Å². The number of nitrogens with zero attached hydrogens (tertiary/aromatic N) is 11. The average molecular weight is 418 g/mol. The van der Waals surface area contributed by atoms with Crippen molar-refractivity contribution in [1.82, 2.24) is 29.9 Å². The number of nitrogens with one attached hydrogen (secondary N) is 1. The van der Waals surface area contributed by atoms with Gasteiger partial charge < -0.3 is 5.41 Å². The normalized spacial score (nSPS) is 11.2. The summed E-state index contributed by atoms with van der Waals surface area (Å²) in [6.45, 7) is 0. The molecular formula is C20H10N12. The number of fused-ring (bicyclic) bond motifs is 6. The molecule has 12 heteroatoms. The van der Waals surface area contributed by atoms with Crippen molar-refractivity contribution in [3.05, 3.63) is 34.2 Å². The summed E-state index contributed by atoms with van der Waals surface area (Å²) in [4.78, 5) is 34.3. The van der Waals surface area contributed by atoms with Crippen molar-refractivity contribution in [2.24, 2.45) is 9.98 Å². The van der Waals surface area contributed by atoms with E-state index in [-0.39, 0.29) is 61.6 Å². The second kappa shape index (κ2) is 7.86. The van der Waals surface area contributed by atoms with Crippen LogP contribution in [0.1, 0.15) is 34.2 Å². The first-order chi connectivity index (χ1) is 15.6. The Morgan fingerprint density at radius 3 is 1.41 bits per heavy atom. The zero-order valence-corrected chi connectivity index (χ0v) is 16.7. The number of rotatable bonds is 3. The van der Waals surface area contributed by atoms with Gasteiger partial charge in [0.15, 0.2) is 17.1 Å². The summed E-state index contributed by atoms with van der Waals surface area (Å²) in [6.07, 6.45) is 3.85. The van der Waals surface area contributed by atoms with E-state index in [1.54, 1.807) is 7.05 Å². The molecule has 0 unspecified atom stereocenters. The fraction of sp³-hybridized carbons (Fsp3) is 0.100. The molecule has 1 aromatic carbocycles. The van der Waals surface area contributed by atoms with E-state index in [1.165, 1.54) is 19.5 Å². The van der Waals surface area contributed by atoms with Gasteiger partial charge in [0.05, 0.1) is 0 Å². The second-order valence-electron chi connectivity index (χ2n) is 6.22. The lowest BCUT2D eigenvalue weighted by atomic mass is 10.1. The molecule has 0 bridgehead atoms. The molecule has 0 amide bonds. The van der Waals surface area contributed by atoms with E-state index in [2.05, 4.69) is 39.9 Å². The molecule has 0 spiro atoms. The van der Waals surface area contributed by atoms with Gasteiger partial charge in [0.25, 0.3) is 0 Å². The number of nitriles is 3. The minimum atomic E-state index is -0.199. The van der Waals surface area contributed by atoms with Gasteiger partial charge >= 0.3 is 0 Å². The predicted molar refractivity (Wildman–Crippen MR) is 115 cm³/mol. The number of hydrogen-bond donors (Lipinski definition) is 1. The standard InChI is InChI=1S/C20H10N12/c1-25-7-13-11(5-23)29-17-15-16(28-10(4-22)9(3-21)27-15)18-20(19(17)31-13)32-14(8-26-2)12(6-24)30-18/h5,7-8,23H,1-2H3. The molecular weight excluding hydrogens is 408 g/mol. The molecule has 0 aliphatic rings. The Kier molecular flexibility index (Phi) is 4.91. The summed E-state index contributed by atoms with van der Waals surface area (Å²) in [6, 6.07) is 5.65. The molecule has 0 fully saturated rings. The molecule has 3 aromatic heterocycles. The van der Waals surface area contributed by atoms with E-state index >= 15 is 0 Å². The highest BCUT2D eigenvalue weighted by Gasteiger charge is 2.22. The fourth-order valence-corrected chi connectivity index (χ4v) is 3.11. The molecule has 150 valence electrons. The molecule has 0 saturated carbocycles. The van der Waals surface area contributed by atoms with Crippen LogP contribution >= 0.6 is 0 Å². The summed E-state index contributed by atoms with van der Waals surface area (Å²) in [7, 11) is 3.09. The Morgan fingerprint density at radius 1 is 0.594 bits per heavy atom. The number of benzene rings is 1. The summed E-state index contributed by atoms with van der Waals surface area (Å²) >= 11 is 0. The highest BCUT2D eigenvalue weighted by Crippen LogP contribution is 2.30. The molecule has 4 aromatic rings. The largest absolute Gasteiger partial charge is 0.306 e. The molecule has 0 radical (unpaired) electrons. The van der Waals surface area contributed by atoms with Gasteiger partial charge in [0.2, 0.25) is 0 Å². The third-order valence-corrected chi connectivity index (χ3v) is 4.40. The van der Waals surface area contributed by atoms with E-state index in [0.29, 0.717) is 5.69 Å². The van der Waals surface area contributed by atoms with Crippen LogP contribution in [0.3, 0.4) is 0 Å².